The van der Waals surface area contributed by atoms with Crippen molar-refractivity contribution in [3.05, 3.63) is 65.6 Å². The van der Waals surface area contributed by atoms with Gasteiger partial charge in [-0.1, -0.05) is 30.3 Å². The van der Waals surface area contributed by atoms with Crippen LogP contribution in [0.1, 0.15) is 99.7 Å². The molecular formula is C36H46N8O6. The van der Waals surface area contributed by atoms with Crippen molar-refractivity contribution in [1.82, 2.24) is 40.0 Å². The number of nitrogens with one attached hydrogen (secondary N) is 3. The zero-order chi connectivity index (χ0) is 35.5. The van der Waals surface area contributed by atoms with Gasteiger partial charge in [-0.15, -0.1) is 0 Å². The van der Waals surface area contributed by atoms with Crippen LogP contribution in [0, 0.1) is 0 Å². The summed E-state index contributed by atoms with van der Waals surface area (Å²) in [6.07, 6.45) is 10.3. The van der Waals surface area contributed by atoms with Crippen LogP contribution in [0.25, 0.3) is 16.8 Å². The molecule has 0 radical (unpaired) electrons. The minimum atomic E-state index is -1.13. The number of aromatic amines is 2. The molecule has 4 heterocycles. The molecule has 2 aliphatic heterocycles. The van der Waals surface area contributed by atoms with Gasteiger partial charge in [0.05, 0.1) is 43.0 Å². The van der Waals surface area contributed by atoms with E-state index in [1.165, 1.54) is 25.3 Å². The fraction of sp³-hybridized carbons (Fsp3) is 0.500. The van der Waals surface area contributed by atoms with Gasteiger partial charge in [0.15, 0.2) is 0 Å². The summed E-state index contributed by atoms with van der Waals surface area (Å²) in [6, 6.07) is 6.71. The molecule has 3 aliphatic rings. The highest BCUT2D eigenvalue weighted by atomic mass is 16.5. The van der Waals surface area contributed by atoms with Crippen molar-refractivity contribution in [2.75, 3.05) is 27.2 Å². The molecule has 4 N–H and O–H groups in total. The lowest BCUT2D eigenvalue weighted by Crippen LogP contribution is -2.47. The van der Waals surface area contributed by atoms with E-state index in [1.54, 1.807) is 29.8 Å². The number of benzene rings is 1. The quantitative estimate of drug-likeness (QED) is 0.237. The normalized spacial score (nSPS) is 21.8. The standard InChI is InChI=1S/C36H46N8O6/c1-21(39-35(47)50-4)33(45)43-17-5-7-29(43)31-37-19-27(40-31)25-13-9-23(10-14-25)24-11-15-26(16-12-24)28-20-38-32(41-28)30-8-6-18-44(30)34(46)22(2)42(3)36(48)49/h11-13,15-16,19-23,29-30H,5-10,14,17-18H2,1-4H3,(H,37,40)(H,38,41)(H,39,47)(H,48,49)/t21-,22-,23?,29-,30-/m0/s1. The number of amides is 4. The topological polar surface area (TPSA) is 177 Å². The summed E-state index contributed by atoms with van der Waals surface area (Å²) in [6.45, 7) is 4.46. The number of carboxylic acid groups (broad SMARTS) is 1. The monoisotopic (exact) mass is 686 g/mol. The van der Waals surface area contributed by atoms with Crippen LogP contribution in [-0.4, -0.2) is 103 Å². The molecule has 0 saturated carbocycles. The SMILES string of the molecule is COC(=O)N[C@@H](C)C(=O)N1CCC[C@H]1c1ncc(C2=CCC(c3ccc(-c4cnc([C@@H]5CCCN5C(=O)[C@H](C)N(C)C(=O)O)[nH]4)cc3)CC2)[nH]1. The Morgan fingerprint density at radius 3 is 2.10 bits per heavy atom. The van der Waals surface area contributed by atoms with Gasteiger partial charge in [0, 0.05) is 20.1 Å². The van der Waals surface area contributed by atoms with E-state index >= 15 is 0 Å². The Kier molecular flexibility index (Phi) is 10.3. The molecule has 4 amide bonds. The van der Waals surface area contributed by atoms with Gasteiger partial charge in [0.25, 0.3) is 0 Å². The summed E-state index contributed by atoms with van der Waals surface area (Å²) in [5, 5.41) is 11.9. The second-order valence-electron chi connectivity index (χ2n) is 13.5. The molecule has 5 atom stereocenters. The molecule has 1 aromatic carbocycles. The number of aromatic nitrogens is 4. The van der Waals surface area contributed by atoms with E-state index in [1.807, 2.05) is 6.20 Å². The first kappa shape index (κ1) is 34.7. The third-order valence-electron chi connectivity index (χ3n) is 10.5. The second-order valence-corrected chi connectivity index (χ2v) is 13.5. The van der Waals surface area contributed by atoms with Gasteiger partial charge in [0.2, 0.25) is 11.8 Å². The number of carbonyl (C=O) groups excluding carboxylic acids is 3. The van der Waals surface area contributed by atoms with Crippen molar-refractivity contribution >= 4 is 29.6 Å². The number of rotatable bonds is 9. The van der Waals surface area contributed by atoms with Crippen molar-refractivity contribution in [3.63, 3.8) is 0 Å². The Bertz CT molecular complexity index is 1750. The lowest BCUT2D eigenvalue weighted by atomic mass is 9.83. The van der Waals surface area contributed by atoms with Gasteiger partial charge in [-0.05, 0) is 81.4 Å². The predicted molar refractivity (Wildman–Crippen MR) is 185 cm³/mol. The van der Waals surface area contributed by atoms with Crippen LogP contribution in [0.3, 0.4) is 0 Å². The van der Waals surface area contributed by atoms with Gasteiger partial charge in [-0.25, -0.2) is 19.6 Å². The van der Waals surface area contributed by atoms with Crippen LogP contribution >= 0.6 is 0 Å². The van der Waals surface area contributed by atoms with E-state index in [9.17, 15) is 24.3 Å². The molecule has 2 fully saturated rings. The van der Waals surface area contributed by atoms with Crippen LogP contribution in [0.5, 0.6) is 0 Å². The largest absolute Gasteiger partial charge is 0.465 e. The molecule has 266 valence electrons. The van der Waals surface area contributed by atoms with Gasteiger partial charge in [0.1, 0.15) is 23.7 Å². The van der Waals surface area contributed by atoms with E-state index in [0.717, 1.165) is 72.6 Å². The van der Waals surface area contributed by atoms with Crippen molar-refractivity contribution < 1.29 is 29.0 Å². The first-order valence-corrected chi connectivity index (χ1v) is 17.4. The van der Waals surface area contributed by atoms with Gasteiger partial charge in [-0.3, -0.25) is 14.5 Å². The molecule has 14 nitrogen and oxygen atoms in total. The number of allylic oxidation sites excluding steroid dienone is 2. The minimum Gasteiger partial charge on any atom is -0.465 e. The van der Waals surface area contributed by atoms with Crippen LogP contribution in [0.2, 0.25) is 0 Å². The Morgan fingerprint density at radius 2 is 1.52 bits per heavy atom. The summed E-state index contributed by atoms with van der Waals surface area (Å²) in [4.78, 5) is 70.0. The smallest absolute Gasteiger partial charge is 0.407 e. The highest BCUT2D eigenvalue weighted by Crippen LogP contribution is 2.38. The highest BCUT2D eigenvalue weighted by Gasteiger charge is 2.37. The molecule has 6 rings (SSSR count). The molecular weight excluding hydrogens is 640 g/mol. The van der Waals surface area contributed by atoms with Crippen molar-refractivity contribution in [1.29, 1.82) is 0 Å². The lowest BCUT2D eigenvalue weighted by molar-refractivity contribution is -0.136. The zero-order valence-corrected chi connectivity index (χ0v) is 29.0. The van der Waals surface area contributed by atoms with E-state index < -0.39 is 24.3 Å². The van der Waals surface area contributed by atoms with Gasteiger partial charge >= 0.3 is 12.2 Å². The first-order chi connectivity index (χ1) is 24.0. The van der Waals surface area contributed by atoms with E-state index in [-0.39, 0.29) is 23.9 Å². The van der Waals surface area contributed by atoms with E-state index in [4.69, 9.17) is 0 Å². The molecule has 0 bridgehead atoms. The molecule has 3 aromatic rings. The number of ether oxygens (including phenoxy) is 1. The van der Waals surface area contributed by atoms with Crippen LogP contribution < -0.4 is 5.32 Å². The number of nitrogens with zero attached hydrogens (tertiary/aromatic N) is 5. The maximum absolute atomic E-state index is 13.1. The van der Waals surface area contributed by atoms with E-state index in [2.05, 4.69) is 60.3 Å². The van der Waals surface area contributed by atoms with Crippen LogP contribution in [-0.2, 0) is 14.3 Å². The number of hydrogen-bond donors (Lipinski definition) is 4. The van der Waals surface area contributed by atoms with Gasteiger partial charge in [-0.2, -0.15) is 0 Å². The molecule has 2 aromatic heterocycles. The molecule has 1 aliphatic carbocycles. The van der Waals surface area contributed by atoms with E-state index in [0.29, 0.717) is 24.8 Å². The highest BCUT2D eigenvalue weighted by molar-refractivity contribution is 5.86. The maximum Gasteiger partial charge on any atom is 0.407 e. The molecule has 1 unspecified atom stereocenters. The number of carbonyl (C=O) groups is 4. The fourth-order valence-corrected chi connectivity index (χ4v) is 7.39. The average molecular weight is 687 g/mol. The number of imidazole rings is 2. The lowest BCUT2D eigenvalue weighted by Gasteiger charge is -2.29. The van der Waals surface area contributed by atoms with Crippen molar-refractivity contribution in [2.24, 2.45) is 0 Å². The molecule has 0 spiro atoms. The van der Waals surface area contributed by atoms with Crippen LogP contribution in [0.4, 0.5) is 9.59 Å². The number of methoxy groups -OCH3 is 1. The zero-order valence-electron chi connectivity index (χ0n) is 29.0. The number of hydrogen-bond acceptors (Lipinski definition) is 7. The molecule has 14 heteroatoms. The predicted octanol–water partition coefficient (Wildman–Crippen LogP) is 5.22. The molecule has 2 saturated heterocycles. The Labute approximate surface area is 291 Å². The average Bonchev–Trinajstić information content (AvgIpc) is 3.97. The number of alkyl carbamates (subject to hydrolysis) is 1. The summed E-state index contributed by atoms with van der Waals surface area (Å²) < 4.78 is 4.64. The molecule has 50 heavy (non-hydrogen) atoms. The third-order valence-corrected chi connectivity index (χ3v) is 10.5. The van der Waals surface area contributed by atoms with Crippen molar-refractivity contribution in [3.8, 4) is 11.3 Å². The van der Waals surface area contributed by atoms with Gasteiger partial charge < -0.3 is 34.9 Å². The second kappa shape index (κ2) is 14.8. The summed E-state index contributed by atoms with van der Waals surface area (Å²) in [7, 11) is 2.69. The fourth-order valence-electron chi connectivity index (χ4n) is 7.39. The number of H-pyrrole nitrogens is 2. The number of likely N-dealkylation sites (tertiary alicyclic amines) is 2. The Hall–Kier alpha value is -5.14. The minimum absolute atomic E-state index is 0.153. The summed E-state index contributed by atoms with van der Waals surface area (Å²) in [5.74, 6) is 1.50. The maximum atomic E-state index is 13.1. The first-order valence-electron chi connectivity index (χ1n) is 17.4. The Balaban J connectivity index is 1.06. The van der Waals surface area contributed by atoms with Crippen LogP contribution in [0.15, 0.2) is 42.7 Å². The number of likely N-dealkylation sites (N-methyl/N-ethyl adjacent to an activating group) is 1. The van der Waals surface area contributed by atoms with Crippen molar-refractivity contribution in [2.45, 2.75) is 88.9 Å². The summed E-state index contributed by atoms with van der Waals surface area (Å²) >= 11 is 0. The Morgan fingerprint density at radius 1 is 0.920 bits per heavy atom. The summed E-state index contributed by atoms with van der Waals surface area (Å²) in [5.41, 5.74) is 5.36. The third kappa shape index (κ3) is 7.10.